The summed E-state index contributed by atoms with van der Waals surface area (Å²) < 4.78 is 0. The molecule has 2 atom stereocenters. The zero-order valence-corrected chi connectivity index (χ0v) is 9.59. The molecule has 0 unspecified atom stereocenters. The monoisotopic (exact) mass is 201 g/mol. The standard InChI is InChI=1S/C14H19N/c1-14(2)7-6-9-8-12(15)10-4-3-5-11(14)13(9)10/h3-5,9,12H,6-8,15H2,1-2H3/t9-,12+/m0/s1. The lowest BCUT2D eigenvalue weighted by molar-refractivity contribution is 0.389. The van der Waals surface area contributed by atoms with E-state index in [1.54, 1.807) is 11.1 Å². The van der Waals surface area contributed by atoms with Gasteiger partial charge in [0.15, 0.2) is 0 Å². The number of nitrogens with two attached hydrogens (primary N) is 1. The Labute approximate surface area is 91.7 Å². The molecular formula is C14H19N. The van der Waals surface area contributed by atoms with Crippen molar-refractivity contribution in [2.24, 2.45) is 5.73 Å². The molecule has 1 aromatic carbocycles. The van der Waals surface area contributed by atoms with Crippen LogP contribution >= 0.6 is 0 Å². The van der Waals surface area contributed by atoms with Crippen LogP contribution in [0.3, 0.4) is 0 Å². The molecule has 2 N–H and O–H groups in total. The molecule has 80 valence electrons. The van der Waals surface area contributed by atoms with Crippen molar-refractivity contribution in [3.05, 3.63) is 34.9 Å². The van der Waals surface area contributed by atoms with Crippen molar-refractivity contribution in [3.8, 4) is 0 Å². The van der Waals surface area contributed by atoms with E-state index in [1.807, 2.05) is 0 Å². The number of benzene rings is 1. The summed E-state index contributed by atoms with van der Waals surface area (Å²) in [5.41, 5.74) is 11.1. The molecule has 0 heterocycles. The van der Waals surface area contributed by atoms with Gasteiger partial charge in [0.25, 0.3) is 0 Å². The summed E-state index contributed by atoms with van der Waals surface area (Å²) in [6.45, 7) is 4.73. The van der Waals surface area contributed by atoms with Crippen LogP contribution in [0.4, 0.5) is 0 Å². The summed E-state index contributed by atoms with van der Waals surface area (Å²) in [6.07, 6.45) is 3.80. The fourth-order valence-electron chi connectivity index (χ4n) is 3.44. The van der Waals surface area contributed by atoms with Gasteiger partial charge >= 0.3 is 0 Å². The van der Waals surface area contributed by atoms with E-state index in [-0.39, 0.29) is 0 Å². The van der Waals surface area contributed by atoms with Crippen molar-refractivity contribution in [2.75, 3.05) is 0 Å². The van der Waals surface area contributed by atoms with E-state index in [9.17, 15) is 0 Å². The topological polar surface area (TPSA) is 26.0 Å². The van der Waals surface area contributed by atoms with E-state index in [2.05, 4.69) is 32.0 Å². The highest BCUT2D eigenvalue weighted by atomic mass is 14.7. The second-order valence-corrected chi connectivity index (χ2v) is 5.77. The minimum atomic E-state index is 0.291. The molecule has 0 saturated heterocycles. The van der Waals surface area contributed by atoms with Crippen LogP contribution in [-0.4, -0.2) is 0 Å². The molecule has 0 aliphatic heterocycles. The fraction of sp³-hybridized carbons (Fsp3) is 0.571. The zero-order chi connectivity index (χ0) is 10.6. The molecule has 0 aromatic heterocycles. The van der Waals surface area contributed by atoms with Gasteiger partial charge in [-0.15, -0.1) is 0 Å². The third-order valence-corrected chi connectivity index (χ3v) is 4.33. The Kier molecular flexibility index (Phi) is 1.79. The van der Waals surface area contributed by atoms with Crippen molar-refractivity contribution >= 4 is 0 Å². The molecule has 0 saturated carbocycles. The molecule has 2 aliphatic carbocycles. The summed E-state index contributed by atoms with van der Waals surface area (Å²) >= 11 is 0. The Morgan fingerprint density at radius 2 is 2.13 bits per heavy atom. The Morgan fingerprint density at radius 3 is 2.93 bits per heavy atom. The van der Waals surface area contributed by atoms with Gasteiger partial charge in [0, 0.05) is 6.04 Å². The second kappa shape index (κ2) is 2.85. The first-order valence-electron chi connectivity index (χ1n) is 5.98. The highest BCUT2D eigenvalue weighted by Crippen LogP contribution is 2.51. The molecule has 0 amide bonds. The van der Waals surface area contributed by atoms with Gasteiger partial charge in [-0.1, -0.05) is 32.0 Å². The van der Waals surface area contributed by atoms with Gasteiger partial charge in [0.2, 0.25) is 0 Å². The van der Waals surface area contributed by atoms with Gasteiger partial charge in [-0.2, -0.15) is 0 Å². The van der Waals surface area contributed by atoms with E-state index >= 15 is 0 Å². The van der Waals surface area contributed by atoms with Gasteiger partial charge in [-0.25, -0.2) is 0 Å². The SMILES string of the molecule is CC1(C)CC[C@H]2C[C@@H](N)c3cccc1c32. The lowest BCUT2D eigenvalue weighted by atomic mass is 9.69. The van der Waals surface area contributed by atoms with E-state index < -0.39 is 0 Å². The van der Waals surface area contributed by atoms with E-state index in [0.717, 1.165) is 5.92 Å². The first kappa shape index (κ1) is 9.41. The molecule has 0 fully saturated rings. The van der Waals surface area contributed by atoms with E-state index in [1.165, 1.54) is 24.8 Å². The Hall–Kier alpha value is -0.820. The highest BCUT2D eigenvalue weighted by molar-refractivity contribution is 5.48. The van der Waals surface area contributed by atoms with Crippen molar-refractivity contribution < 1.29 is 0 Å². The molecule has 0 spiro atoms. The number of hydrogen-bond donors (Lipinski definition) is 1. The van der Waals surface area contributed by atoms with Crippen molar-refractivity contribution in [2.45, 2.75) is 50.5 Å². The minimum Gasteiger partial charge on any atom is -0.324 e. The molecule has 0 radical (unpaired) electrons. The molecule has 15 heavy (non-hydrogen) atoms. The predicted octanol–water partition coefficient (Wildman–Crippen LogP) is 3.25. The summed E-state index contributed by atoms with van der Waals surface area (Å²) in [5, 5.41) is 0. The van der Waals surface area contributed by atoms with E-state index in [4.69, 9.17) is 5.73 Å². The largest absolute Gasteiger partial charge is 0.324 e. The lowest BCUT2D eigenvalue weighted by Crippen LogP contribution is -2.25. The average Bonchev–Trinajstić information content (AvgIpc) is 2.52. The normalized spacial score (nSPS) is 31.4. The van der Waals surface area contributed by atoms with Crippen LogP contribution in [-0.2, 0) is 5.41 Å². The number of hydrogen-bond acceptors (Lipinski definition) is 1. The quantitative estimate of drug-likeness (QED) is 0.685. The van der Waals surface area contributed by atoms with Gasteiger partial charge in [0.05, 0.1) is 0 Å². The van der Waals surface area contributed by atoms with Crippen LogP contribution in [0, 0.1) is 0 Å². The van der Waals surface area contributed by atoms with Crippen LogP contribution in [0.2, 0.25) is 0 Å². The maximum atomic E-state index is 6.20. The van der Waals surface area contributed by atoms with Crippen LogP contribution < -0.4 is 5.73 Å². The van der Waals surface area contributed by atoms with Gasteiger partial charge < -0.3 is 5.73 Å². The van der Waals surface area contributed by atoms with E-state index in [0.29, 0.717) is 11.5 Å². The van der Waals surface area contributed by atoms with Crippen molar-refractivity contribution in [1.82, 2.24) is 0 Å². The van der Waals surface area contributed by atoms with Gasteiger partial charge in [0.1, 0.15) is 0 Å². The van der Waals surface area contributed by atoms with Gasteiger partial charge in [-0.3, -0.25) is 0 Å². The molecule has 2 aliphatic rings. The van der Waals surface area contributed by atoms with Crippen LogP contribution in [0.25, 0.3) is 0 Å². The third kappa shape index (κ3) is 1.19. The molecule has 1 heteroatoms. The second-order valence-electron chi connectivity index (χ2n) is 5.77. The predicted molar refractivity (Wildman–Crippen MR) is 63.0 cm³/mol. The zero-order valence-electron chi connectivity index (χ0n) is 9.59. The smallest absolute Gasteiger partial charge is 0.0303 e. The third-order valence-electron chi connectivity index (χ3n) is 4.33. The molecule has 0 bridgehead atoms. The average molecular weight is 201 g/mol. The molecule has 3 rings (SSSR count). The first-order chi connectivity index (χ1) is 7.09. The maximum Gasteiger partial charge on any atom is 0.0303 e. The fourth-order valence-corrected chi connectivity index (χ4v) is 3.44. The summed E-state index contributed by atoms with van der Waals surface area (Å²) in [7, 11) is 0. The van der Waals surface area contributed by atoms with Crippen LogP contribution in [0.5, 0.6) is 0 Å². The molecule has 1 aromatic rings. The van der Waals surface area contributed by atoms with Crippen LogP contribution in [0.15, 0.2) is 18.2 Å². The Bertz CT molecular complexity index is 406. The Balaban J connectivity index is 2.25. The number of rotatable bonds is 0. The Morgan fingerprint density at radius 1 is 1.33 bits per heavy atom. The van der Waals surface area contributed by atoms with Crippen molar-refractivity contribution in [1.29, 1.82) is 0 Å². The summed E-state index contributed by atoms with van der Waals surface area (Å²) in [4.78, 5) is 0. The lowest BCUT2D eigenvalue weighted by Gasteiger charge is -2.35. The molecular weight excluding hydrogens is 182 g/mol. The summed E-state index contributed by atoms with van der Waals surface area (Å²) in [6, 6.07) is 7.01. The minimum absolute atomic E-state index is 0.291. The molecule has 1 nitrogen and oxygen atoms in total. The van der Waals surface area contributed by atoms with Crippen LogP contribution in [0.1, 0.15) is 61.8 Å². The maximum absolute atomic E-state index is 6.20. The highest BCUT2D eigenvalue weighted by Gasteiger charge is 2.39. The van der Waals surface area contributed by atoms with Gasteiger partial charge in [-0.05, 0) is 47.3 Å². The summed E-state index contributed by atoms with van der Waals surface area (Å²) in [5.74, 6) is 0.749. The van der Waals surface area contributed by atoms with Crippen molar-refractivity contribution in [3.63, 3.8) is 0 Å². The first-order valence-corrected chi connectivity index (χ1v) is 5.98.